The van der Waals surface area contributed by atoms with E-state index in [0.29, 0.717) is 5.92 Å². The number of nitrogens with zero attached hydrogens (tertiary/aromatic N) is 1. The molecular weight excluding hydrogens is 248 g/mol. The molecule has 0 aromatic heterocycles. The van der Waals surface area contributed by atoms with Crippen LogP contribution < -0.4 is 5.32 Å². The van der Waals surface area contributed by atoms with E-state index in [1.807, 2.05) is 0 Å². The van der Waals surface area contributed by atoms with Crippen molar-refractivity contribution in [2.24, 2.45) is 5.92 Å². The van der Waals surface area contributed by atoms with Crippen LogP contribution in [0.4, 0.5) is 0 Å². The Bertz CT molecular complexity index is 235. The molecule has 1 fully saturated rings. The Labute approximate surface area is 126 Å². The first-order valence-corrected chi connectivity index (χ1v) is 8.80. The Balaban J connectivity index is 2.61. The second kappa shape index (κ2) is 9.75. The van der Waals surface area contributed by atoms with E-state index >= 15 is 0 Å². The quantitative estimate of drug-likeness (QED) is 0.546. The summed E-state index contributed by atoms with van der Waals surface area (Å²) >= 11 is 0. The molecule has 0 saturated heterocycles. The number of aliphatic hydroxyl groups is 1. The topological polar surface area (TPSA) is 35.5 Å². The molecule has 120 valence electrons. The predicted molar refractivity (Wildman–Crippen MR) is 87.1 cm³/mol. The molecule has 0 spiro atoms. The maximum Gasteiger partial charge on any atom is 0.0628 e. The van der Waals surface area contributed by atoms with E-state index in [2.05, 4.69) is 31.0 Å². The number of nitrogens with one attached hydrogen (secondary N) is 1. The van der Waals surface area contributed by atoms with Gasteiger partial charge in [-0.25, -0.2) is 0 Å². The van der Waals surface area contributed by atoms with Crippen LogP contribution >= 0.6 is 0 Å². The van der Waals surface area contributed by atoms with Gasteiger partial charge in [-0.1, -0.05) is 33.6 Å². The van der Waals surface area contributed by atoms with Gasteiger partial charge in [-0.2, -0.15) is 0 Å². The molecule has 1 saturated carbocycles. The van der Waals surface area contributed by atoms with Crippen molar-refractivity contribution in [1.29, 1.82) is 0 Å². The van der Waals surface area contributed by atoms with Gasteiger partial charge in [0.1, 0.15) is 0 Å². The Kier molecular flexibility index (Phi) is 8.74. The van der Waals surface area contributed by atoms with E-state index in [9.17, 15) is 5.11 Å². The Morgan fingerprint density at radius 3 is 2.05 bits per heavy atom. The van der Waals surface area contributed by atoms with Gasteiger partial charge in [-0.3, -0.25) is 0 Å². The van der Waals surface area contributed by atoms with Crippen molar-refractivity contribution >= 4 is 0 Å². The summed E-state index contributed by atoms with van der Waals surface area (Å²) in [7, 11) is 0. The summed E-state index contributed by atoms with van der Waals surface area (Å²) in [4.78, 5) is 2.59. The number of hydrogen-bond donors (Lipinski definition) is 2. The van der Waals surface area contributed by atoms with Gasteiger partial charge in [0, 0.05) is 6.54 Å². The van der Waals surface area contributed by atoms with Crippen molar-refractivity contribution in [1.82, 2.24) is 10.2 Å². The van der Waals surface area contributed by atoms with Crippen LogP contribution in [0.1, 0.15) is 65.7 Å². The first-order chi connectivity index (χ1) is 9.72. The molecule has 1 aliphatic rings. The van der Waals surface area contributed by atoms with E-state index in [0.717, 1.165) is 19.5 Å². The molecule has 0 aromatic rings. The largest absolute Gasteiger partial charge is 0.394 e. The van der Waals surface area contributed by atoms with Gasteiger partial charge in [0.25, 0.3) is 0 Å². The third kappa shape index (κ3) is 5.71. The molecule has 0 aliphatic heterocycles. The zero-order chi connectivity index (χ0) is 14.8. The summed E-state index contributed by atoms with van der Waals surface area (Å²) in [5.74, 6) is 0.685. The summed E-state index contributed by atoms with van der Waals surface area (Å²) < 4.78 is 0. The molecule has 1 atom stereocenters. The normalized spacial score (nSPS) is 18.4. The maximum absolute atomic E-state index is 10.0. The first-order valence-electron chi connectivity index (χ1n) is 8.80. The van der Waals surface area contributed by atoms with Gasteiger partial charge in [-0.05, 0) is 57.7 Å². The second-order valence-electron chi connectivity index (χ2n) is 6.50. The minimum atomic E-state index is -0.0442. The monoisotopic (exact) mass is 284 g/mol. The van der Waals surface area contributed by atoms with E-state index < -0.39 is 0 Å². The summed E-state index contributed by atoms with van der Waals surface area (Å²) in [5.41, 5.74) is -0.0442. The van der Waals surface area contributed by atoms with Crippen molar-refractivity contribution in [2.75, 3.05) is 32.8 Å². The maximum atomic E-state index is 10.0. The number of rotatable bonds is 13. The zero-order valence-electron chi connectivity index (χ0n) is 14.0. The fourth-order valence-corrected chi connectivity index (χ4v) is 3.01. The predicted octanol–water partition coefficient (Wildman–Crippen LogP) is 3.03. The summed E-state index contributed by atoms with van der Waals surface area (Å²) in [6, 6.07) is 0. The van der Waals surface area contributed by atoms with E-state index in [1.165, 1.54) is 51.6 Å². The third-order valence-corrected chi connectivity index (χ3v) is 4.53. The highest BCUT2D eigenvalue weighted by Crippen LogP contribution is 2.40. The second-order valence-corrected chi connectivity index (χ2v) is 6.50. The third-order valence-electron chi connectivity index (χ3n) is 4.53. The lowest BCUT2D eigenvalue weighted by Gasteiger charge is -2.38. The van der Waals surface area contributed by atoms with Crippen LogP contribution in [0, 0.1) is 5.92 Å². The highest BCUT2D eigenvalue weighted by molar-refractivity contribution is 5.02. The number of hydrogen-bond acceptors (Lipinski definition) is 3. The van der Waals surface area contributed by atoms with Crippen LogP contribution in [-0.4, -0.2) is 48.3 Å². The highest BCUT2D eigenvalue weighted by atomic mass is 16.3. The molecule has 2 N–H and O–H groups in total. The van der Waals surface area contributed by atoms with Gasteiger partial charge >= 0.3 is 0 Å². The molecule has 3 nitrogen and oxygen atoms in total. The lowest BCUT2D eigenvalue weighted by Crippen LogP contribution is -2.58. The van der Waals surface area contributed by atoms with Crippen LogP contribution in [-0.2, 0) is 0 Å². The highest BCUT2D eigenvalue weighted by Gasteiger charge is 2.45. The molecule has 0 radical (unpaired) electrons. The van der Waals surface area contributed by atoms with E-state index in [-0.39, 0.29) is 12.1 Å². The minimum absolute atomic E-state index is 0.0442. The minimum Gasteiger partial charge on any atom is -0.394 e. The van der Waals surface area contributed by atoms with Gasteiger partial charge < -0.3 is 15.3 Å². The Morgan fingerprint density at radius 1 is 1.05 bits per heavy atom. The van der Waals surface area contributed by atoms with Crippen molar-refractivity contribution in [2.45, 2.75) is 71.3 Å². The average Bonchev–Trinajstić information content (AvgIpc) is 3.31. The van der Waals surface area contributed by atoms with Crippen LogP contribution in [0.2, 0.25) is 0 Å². The molecule has 0 bridgehead atoms. The molecule has 1 rings (SSSR count). The van der Waals surface area contributed by atoms with Crippen molar-refractivity contribution < 1.29 is 5.11 Å². The molecule has 0 aromatic carbocycles. The molecule has 0 amide bonds. The summed E-state index contributed by atoms with van der Waals surface area (Å²) in [5, 5.41) is 13.7. The molecule has 3 heteroatoms. The summed E-state index contributed by atoms with van der Waals surface area (Å²) in [6.45, 7) is 11.4. The number of aliphatic hydroxyl groups excluding tert-OH is 1. The van der Waals surface area contributed by atoms with Crippen molar-refractivity contribution in [3.05, 3.63) is 0 Å². The first kappa shape index (κ1) is 17.9. The molecule has 20 heavy (non-hydrogen) atoms. The summed E-state index contributed by atoms with van der Waals surface area (Å²) in [6.07, 6.45) is 8.74. The fourth-order valence-electron chi connectivity index (χ4n) is 3.01. The lowest BCUT2D eigenvalue weighted by molar-refractivity contribution is 0.0889. The Morgan fingerprint density at radius 2 is 1.65 bits per heavy atom. The number of unbranched alkanes of at least 4 members (excludes halogenated alkanes) is 2. The van der Waals surface area contributed by atoms with Crippen LogP contribution in [0.5, 0.6) is 0 Å². The standard InChI is InChI=1S/C17H36N2O/c1-4-7-12-19(13-8-5-2)14-17(15-20,16-9-10-16)18-11-6-3/h16,18,20H,4-15H2,1-3H3. The van der Waals surface area contributed by atoms with Gasteiger partial charge in [0.05, 0.1) is 12.1 Å². The zero-order valence-corrected chi connectivity index (χ0v) is 14.0. The van der Waals surface area contributed by atoms with Crippen LogP contribution in [0.25, 0.3) is 0 Å². The van der Waals surface area contributed by atoms with E-state index in [1.54, 1.807) is 0 Å². The SMILES string of the molecule is CCCCN(CCCC)CC(CO)(NCCC)C1CC1. The molecule has 1 aliphatic carbocycles. The molecule has 0 heterocycles. The van der Waals surface area contributed by atoms with Crippen LogP contribution in [0.15, 0.2) is 0 Å². The van der Waals surface area contributed by atoms with Gasteiger partial charge in [0.2, 0.25) is 0 Å². The van der Waals surface area contributed by atoms with Gasteiger partial charge in [-0.15, -0.1) is 0 Å². The fraction of sp³-hybridized carbons (Fsp3) is 1.00. The smallest absolute Gasteiger partial charge is 0.0628 e. The van der Waals surface area contributed by atoms with Crippen LogP contribution in [0.3, 0.4) is 0 Å². The van der Waals surface area contributed by atoms with E-state index in [4.69, 9.17) is 0 Å². The lowest BCUT2D eigenvalue weighted by atomic mass is 9.92. The molecule has 1 unspecified atom stereocenters. The van der Waals surface area contributed by atoms with Gasteiger partial charge in [0.15, 0.2) is 0 Å². The van der Waals surface area contributed by atoms with Crippen molar-refractivity contribution in [3.63, 3.8) is 0 Å². The van der Waals surface area contributed by atoms with Crippen molar-refractivity contribution in [3.8, 4) is 0 Å². The Hall–Kier alpha value is -0.120. The molecular formula is C17H36N2O. The average molecular weight is 284 g/mol.